The quantitative estimate of drug-likeness (QED) is 0.558. The van der Waals surface area contributed by atoms with Crippen molar-refractivity contribution in [1.29, 1.82) is 0 Å². The summed E-state index contributed by atoms with van der Waals surface area (Å²) in [6.45, 7) is 3.25. The molecule has 14 heavy (non-hydrogen) atoms. The van der Waals surface area contributed by atoms with Crippen LogP contribution in [0.5, 0.6) is 0 Å². The number of aliphatic carboxylic acids is 1. The maximum absolute atomic E-state index is 10.7. The molecular weight excluding hydrogens is 212 g/mol. The average Bonchev–Trinajstić information content (AvgIpc) is 2.10. The SMILES string of the molecule is C=CCOC(=O)NC[C@H](N)C(=O)O.Cl. The van der Waals surface area contributed by atoms with Crippen LogP contribution in [0.2, 0.25) is 0 Å². The number of hydrogen-bond donors (Lipinski definition) is 3. The van der Waals surface area contributed by atoms with Gasteiger partial charge in [0.2, 0.25) is 0 Å². The zero-order valence-corrected chi connectivity index (χ0v) is 8.25. The van der Waals surface area contributed by atoms with Gasteiger partial charge in [-0.05, 0) is 0 Å². The molecule has 6 nitrogen and oxygen atoms in total. The molecule has 0 spiro atoms. The Balaban J connectivity index is 0. The smallest absolute Gasteiger partial charge is 0.407 e. The van der Waals surface area contributed by atoms with Gasteiger partial charge in [0, 0.05) is 6.54 Å². The van der Waals surface area contributed by atoms with Crippen LogP contribution in [0.15, 0.2) is 12.7 Å². The molecule has 0 aliphatic heterocycles. The van der Waals surface area contributed by atoms with E-state index in [9.17, 15) is 9.59 Å². The van der Waals surface area contributed by atoms with Gasteiger partial charge >= 0.3 is 12.1 Å². The highest BCUT2D eigenvalue weighted by atomic mass is 35.5. The van der Waals surface area contributed by atoms with E-state index in [4.69, 9.17) is 10.8 Å². The third-order valence-electron chi connectivity index (χ3n) is 1.12. The van der Waals surface area contributed by atoms with Gasteiger partial charge < -0.3 is 20.9 Å². The molecule has 82 valence electrons. The van der Waals surface area contributed by atoms with E-state index >= 15 is 0 Å². The Labute approximate surface area is 87.5 Å². The number of carbonyl (C=O) groups excluding carboxylic acids is 1. The Morgan fingerprint density at radius 3 is 2.64 bits per heavy atom. The Bertz CT molecular complexity index is 210. The molecule has 0 saturated heterocycles. The highest BCUT2D eigenvalue weighted by Gasteiger charge is 2.12. The number of alkyl carbamates (subject to hydrolysis) is 1. The first-order valence-corrected chi connectivity index (χ1v) is 3.57. The van der Waals surface area contributed by atoms with Gasteiger partial charge in [0.25, 0.3) is 0 Å². The number of carboxylic acid groups (broad SMARTS) is 1. The van der Waals surface area contributed by atoms with Crippen LogP contribution >= 0.6 is 12.4 Å². The van der Waals surface area contributed by atoms with Crippen LogP contribution in [0.3, 0.4) is 0 Å². The van der Waals surface area contributed by atoms with Crippen molar-refractivity contribution in [2.45, 2.75) is 6.04 Å². The topological polar surface area (TPSA) is 102 Å². The maximum atomic E-state index is 10.7. The first-order chi connectivity index (χ1) is 6.07. The first-order valence-electron chi connectivity index (χ1n) is 3.57. The summed E-state index contributed by atoms with van der Waals surface area (Å²) in [6.07, 6.45) is 0.688. The maximum Gasteiger partial charge on any atom is 0.407 e. The molecule has 0 radical (unpaired) electrons. The van der Waals surface area contributed by atoms with E-state index in [0.29, 0.717) is 0 Å². The highest BCUT2D eigenvalue weighted by molar-refractivity contribution is 5.85. The summed E-state index contributed by atoms with van der Waals surface area (Å²) in [5, 5.41) is 10.5. The summed E-state index contributed by atoms with van der Waals surface area (Å²) in [6, 6.07) is -1.11. The zero-order chi connectivity index (χ0) is 10.3. The van der Waals surface area contributed by atoms with E-state index < -0.39 is 18.1 Å². The number of amides is 1. The minimum absolute atomic E-state index is 0. The third-order valence-corrected chi connectivity index (χ3v) is 1.12. The fourth-order valence-electron chi connectivity index (χ4n) is 0.466. The van der Waals surface area contributed by atoms with Crippen LogP contribution in [0.4, 0.5) is 4.79 Å². The molecule has 1 amide bonds. The lowest BCUT2D eigenvalue weighted by molar-refractivity contribution is -0.138. The lowest BCUT2D eigenvalue weighted by atomic mass is 10.3. The fourth-order valence-corrected chi connectivity index (χ4v) is 0.466. The van der Waals surface area contributed by atoms with Crippen molar-refractivity contribution >= 4 is 24.5 Å². The van der Waals surface area contributed by atoms with E-state index in [1.54, 1.807) is 0 Å². The van der Waals surface area contributed by atoms with Crippen molar-refractivity contribution in [3.63, 3.8) is 0 Å². The van der Waals surface area contributed by atoms with Crippen molar-refractivity contribution < 1.29 is 19.4 Å². The van der Waals surface area contributed by atoms with E-state index in [1.165, 1.54) is 6.08 Å². The molecule has 0 aliphatic carbocycles. The van der Waals surface area contributed by atoms with Gasteiger partial charge in [-0.3, -0.25) is 4.79 Å². The second kappa shape index (κ2) is 8.33. The van der Waals surface area contributed by atoms with E-state index in [1.807, 2.05) is 0 Å². The van der Waals surface area contributed by atoms with Crippen LogP contribution in [0, 0.1) is 0 Å². The number of hydrogen-bond acceptors (Lipinski definition) is 4. The molecule has 7 heteroatoms. The number of nitrogens with two attached hydrogens (primary N) is 1. The van der Waals surface area contributed by atoms with Crippen LogP contribution < -0.4 is 11.1 Å². The molecule has 1 atom stereocenters. The second-order valence-electron chi connectivity index (χ2n) is 2.21. The second-order valence-corrected chi connectivity index (χ2v) is 2.21. The normalized spacial score (nSPS) is 10.6. The molecule has 0 saturated carbocycles. The number of rotatable bonds is 5. The predicted molar refractivity (Wildman–Crippen MR) is 52.4 cm³/mol. The van der Waals surface area contributed by atoms with Crippen LogP contribution in [-0.4, -0.2) is 36.4 Å². The van der Waals surface area contributed by atoms with Crippen molar-refractivity contribution in [3.05, 3.63) is 12.7 Å². The van der Waals surface area contributed by atoms with E-state index in [-0.39, 0.29) is 25.6 Å². The summed E-state index contributed by atoms with van der Waals surface area (Å²) in [5.74, 6) is -1.18. The molecule has 0 fully saturated rings. The molecule has 0 aromatic carbocycles. The summed E-state index contributed by atoms with van der Waals surface area (Å²) in [7, 11) is 0. The molecule has 0 bridgehead atoms. The number of carboxylic acids is 1. The summed E-state index contributed by atoms with van der Waals surface area (Å²) < 4.78 is 4.50. The average molecular weight is 225 g/mol. The molecule has 0 rings (SSSR count). The molecular formula is C7H13ClN2O4. The fraction of sp³-hybridized carbons (Fsp3) is 0.429. The van der Waals surface area contributed by atoms with Crippen LogP contribution in [0.25, 0.3) is 0 Å². The van der Waals surface area contributed by atoms with Gasteiger partial charge in [-0.25, -0.2) is 4.79 Å². The monoisotopic (exact) mass is 224 g/mol. The van der Waals surface area contributed by atoms with Gasteiger partial charge in [0.1, 0.15) is 12.6 Å². The number of halogens is 1. The van der Waals surface area contributed by atoms with Gasteiger partial charge in [0.15, 0.2) is 0 Å². The largest absolute Gasteiger partial charge is 0.480 e. The minimum atomic E-state index is -1.18. The Hall–Kier alpha value is -1.27. The van der Waals surface area contributed by atoms with Crippen LogP contribution in [-0.2, 0) is 9.53 Å². The lowest BCUT2D eigenvalue weighted by Crippen LogP contribution is -2.42. The lowest BCUT2D eigenvalue weighted by Gasteiger charge is -2.07. The molecule has 0 aliphatic rings. The number of ether oxygens (including phenoxy) is 1. The molecule has 0 aromatic rings. The Morgan fingerprint density at radius 1 is 1.64 bits per heavy atom. The van der Waals surface area contributed by atoms with Crippen molar-refractivity contribution in [2.24, 2.45) is 5.73 Å². The summed E-state index contributed by atoms with van der Waals surface area (Å²) in [5.41, 5.74) is 5.10. The molecule has 0 heterocycles. The molecule has 0 aromatic heterocycles. The third kappa shape index (κ3) is 7.38. The van der Waals surface area contributed by atoms with Gasteiger partial charge in [-0.1, -0.05) is 12.7 Å². The first kappa shape index (κ1) is 15.2. The highest BCUT2D eigenvalue weighted by Crippen LogP contribution is 1.80. The zero-order valence-electron chi connectivity index (χ0n) is 7.43. The molecule has 4 N–H and O–H groups in total. The van der Waals surface area contributed by atoms with E-state index in [0.717, 1.165) is 0 Å². The molecule has 0 unspecified atom stereocenters. The summed E-state index contributed by atoms with van der Waals surface area (Å²) in [4.78, 5) is 20.9. The van der Waals surface area contributed by atoms with Gasteiger partial charge in [-0.2, -0.15) is 0 Å². The predicted octanol–water partition coefficient (Wildman–Crippen LogP) is -0.268. The summed E-state index contributed by atoms with van der Waals surface area (Å²) >= 11 is 0. The standard InChI is InChI=1S/C7H12N2O4.ClH/c1-2-3-13-7(12)9-4-5(8)6(10)11;/h2,5H,1,3-4,8H2,(H,9,12)(H,10,11);1H/t5-;/m0./s1. The Morgan fingerprint density at radius 2 is 2.21 bits per heavy atom. The number of carbonyl (C=O) groups is 2. The van der Waals surface area contributed by atoms with Crippen LogP contribution in [0.1, 0.15) is 0 Å². The minimum Gasteiger partial charge on any atom is -0.480 e. The number of nitrogens with one attached hydrogen (secondary N) is 1. The van der Waals surface area contributed by atoms with Crippen molar-refractivity contribution in [1.82, 2.24) is 5.32 Å². The van der Waals surface area contributed by atoms with Gasteiger partial charge in [0.05, 0.1) is 0 Å². The van der Waals surface area contributed by atoms with E-state index in [2.05, 4.69) is 16.6 Å². The van der Waals surface area contributed by atoms with Crippen molar-refractivity contribution in [3.8, 4) is 0 Å². The van der Waals surface area contributed by atoms with Crippen molar-refractivity contribution in [2.75, 3.05) is 13.2 Å². The van der Waals surface area contributed by atoms with Gasteiger partial charge in [-0.15, -0.1) is 12.4 Å². The Kier molecular flexibility index (Phi) is 9.06.